The van der Waals surface area contributed by atoms with Crippen LogP contribution in [0.1, 0.15) is 15.9 Å². The van der Waals surface area contributed by atoms with E-state index in [-0.39, 0.29) is 36.8 Å². The third-order valence-corrected chi connectivity index (χ3v) is 8.63. The SMILES string of the molecule is Cc1c(NS(=O)(=O)c2ccccc2)cccc1C(=O)Nc1ccc(S(=O)(=O)Nc2cc(Cl)cc(Cl)c2)cc1. The number of amides is 1. The van der Waals surface area contributed by atoms with Gasteiger partial charge in [-0.05, 0) is 79.2 Å². The molecule has 0 spiro atoms. The highest BCUT2D eigenvalue weighted by atomic mass is 35.5. The van der Waals surface area contributed by atoms with E-state index in [9.17, 15) is 21.6 Å². The smallest absolute Gasteiger partial charge is 0.261 e. The number of nitrogens with one attached hydrogen (secondary N) is 3. The Bertz CT molecular complexity index is 1690. The molecule has 4 rings (SSSR count). The van der Waals surface area contributed by atoms with Gasteiger partial charge in [-0.15, -0.1) is 0 Å². The summed E-state index contributed by atoms with van der Waals surface area (Å²) in [5.74, 6) is -0.495. The van der Waals surface area contributed by atoms with E-state index in [4.69, 9.17) is 23.2 Å². The quantitative estimate of drug-likeness (QED) is 0.227. The first-order valence-electron chi connectivity index (χ1n) is 11.0. The summed E-state index contributed by atoms with van der Waals surface area (Å²) in [6.45, 7) is 1.63. The second kappa shape index (κ2) is 11.0. The zero-order chi connectivity index (χ0) is 27.5. The highest BCUT2D eigenvalue weighted by Crippen LogP contribution is 2.26. The Morgan fingerprint density at radius 3 is 1.87 bits per heavy atom. The van der Waals surface area contributed by atoms with Gasteiger partial charge in [0, 0.05) is 21.3 Å². The van der Waals surface area contributed by atoms with Crippen molar-refractivity contribution < 1.29 is 21.6 Å². The Morgan fingerprint density at radius 1 is 0.658 bits per heavy atom. The summed E-state index contributed by atoms with van der Waals surface area (Å²) >= 11 is 11.9. The molecule has 1 amide bonds. The van der Waals surface area contributed by atoms with Gasteiger partial charge < -0.3 is 5.32 Å². The van der Waals surface area contributed by atoms with Crippen molar-refractivity contribution in [1.82, 2.24) is 0 Å². The van der Waals surface area contributed by atoms with E-state index in [0.29, 0.717) is 11.3 Å². The predicted molar refractivity (Wildman–Crippen MR) is 150 cm³/mol. The molecule has 0 unspecified atom stereocenters. The van der Waals surface area contributed by atoms with Gasteiger partial charge in [0.15, 0.2) is 0 Å². The zero-order valence-electron chi connectivity index (χ0n) is 19.8. The standard InChI is InChI=1S/C26H21Cl2N3O5S2/c1-17-24(8-5-9-25(17)31-38(35,36)22-6-3-2-4-7-22)26(32)29-20-10-12-23(13-11-20)37(33,34)30-21-15-18(27)14-19(28)16-21/h2-16,30-31H,1H3,(H,29,32). The average molecular weight is 591 g/mol. The number of benzene rings is 4. The van der Waals surface area contributed by atoms with Gasteiger partial charge in [0.2, 0.25) is 0 Å². The van der Waals surface area contributed by atoms with Crippen LogP contribution >= 0.6 is 23.2 Å². The molecule has 4 aromatic carbocycles. The Balaban J connectivity index is 1.49. The normalized spacial score (nSPS) is 11.6. The molecule has 0 aromatic heterocycles. The number of hydrogen-bond donors (Lipinski definition) is 3. The first-order chi connectivity index (χ1) is 17.9. The number of anilines is 3. The summed E-state index contributed by atoms with van der Waals surface area (Å²) in [7, 11) is -7.78. The van der Waals surface area contributed by atoms with Crippen molar-refractivity contribution in [3.05, 3.63) is 112 Å². The van der Waals surface area contributed by atoms with Gasteiger partial charge in [-0.2, -0.15) is 0 Å². The molecule has 0 fully saturated rings. The maximum absolute atomic E-state index is 13.0. The first-order valence-corrected chi connectivity index (χ1v) is 14.7. The minimum Gasteiger partial charge on any atom is -0.322 e. The molecular weight excluding hydrogens is 569 g/mol. The number of hydrogen-bond acceptors (Lipinski definition) is 5. The van der Waals surface area contributed by atoms with Crippen molar-refractivity contribution in [2.75, 3.05) is 14.8 Å². The average Bonchev–Trinajstić information content (AvgIpc) is 2.85. The molecule has 0 saturated carbocycles. The number of halogens is 2. The molecule has 0 saturated heterocycles. The van der Waals surface area contributed by atoms with Crippen LogP contribution in [0.4, 0.5) is 17.1 Å². The lowest BCUT2D eigenvalue weighted by molar-refractivity contribution is 0.102. The van der Waals surface area contributed by atoms with E-state index < -0.39 is 26.0 Å². The van der Waals surface area contributed by atoms with Gasteiger partial charge >= 0.3 is 0 Å². The summed E-state index contributed by atoms with van der Waals surface area (Å²) < 4.78 is 55.8. The van der Waals surface area contributed by atoms with E-state index in [0.717, 1.165) is 0 Å². The molecule has 0 heterocycles. The highest BCUT2D eigenvalue weighted by molar-refractivity contribution is 7.93. The molecule has 0 aliphatic heterocycles. The second-order valence-electron chi connectivity index (χ2n) is 8.14. The molecule has 0 aliphatic rings. The van der Waals surface area contributed by atoms with Crippen LogP contribution in [-0.2, 0) is 20.0 Å². The zero-order valence-corrected chi connectivity index (χ0v) is 22.9. The van der Waals surface area contributed by atoms with Crippen LogP contribution in [0, 0.1) is 6.92 Å². The van der Waals surface area contributed by atoms with Crippen LogP contribution in [0.15, 0.2) is 101 Å². The fraction of sp³-hybridized carbons (Fsp3) is 0.0385. The van der Waals surface area contributed by atoms with Crippen molar-refractivity contribution in [1.29, 1.82) is 0 Å². The lowest BCUT2D eigenvalue weighted by Gasteiger charge is -2.14. The van der Waals surface area contributed by atoms with Crippen molar-refractivity contribution in [3.8, 4) is 0 Å². The predicted octanol–water partition coefficient (Wildman–Crippen LogP) is 6.16. The maximum Gasteiger partial charge on any atom is 0.261 e. The molecule has 8 nitrogen and oxygen atoms in total. The summed E-state index contributed by atoms with van der Waals surface area (Å²) in [4.78, 5) is 13.0. The maximum atomic E-state index is 13.0. The van der Waals surface area contributed by atoms with Gasteiger partial charge in [0.1, 0.15) is 0 Å². The van der Waals surface area contributed by atoms with Gasteiger partial charge in [-0.1, -0.05) is 47.5 Å². The van der Waals surface area contributed by atoms with E-state index in [1.165, 1.54) is 54.6 Å². The van der Waals surface area contributed by atoms with Crippen molar-refractivity contribution in [2.24, 2.45) is 0 Å². The van der Waals surface area contributed by atoms with Crippen LogP contribution in [0.2, 0.25) is 10.0 Å². The van der Waals surface area contributed by atoms with Crippen LogP contribution in [-0.4, -0.2) is 22.7 Å². The number of rotatable bonds is 8. The Morgan fingerprint density at radius 2 is 1.24 bits per heavy atom. The molecule has 0 atom stereocenters. The molecule has 12 heteroatoms. The minimum absolute atomic E-state index is 0.0416. The fourth-order valence-corrected chi connectivity index (χ4v) is 6.25. The second-order valence-corrected chi connectivity index (χ2v) is 12.4. The van der Waals surface area contributed by atoms with Gasteiger partial charge in [0.25, 0.3) is 26.0 Å². The molecule has 0 bridgehead atoms. The van der Waals surface area contributed by atoms with Crippen molar-refractivity contribution >= 4 is 66.2 Å². The lowest BCUT2D eigenvalue weighted by atomic mass is 10.1. The van der Waals surface area contributed by atoms with Gasteiger partial charge in [-0.3, -0.25) is 14.2 Å². The van der Waals surface area contributed by atoms with E-state index in [2.05, 4.69) is 14.8 Å². The first kappa shape index (κ1) is 27.5. The summed E-state index contributed by atoms with van der Waals surface area (Å²) in [5.41, 5.74) is 1.48. The Labute approximate surface area is 230 Å². The Kier molecular flexibility index (Phi) is 7.98. The fourth-order valence-electron chi connectivity index (χ4n) is 3.54. The molecule has 3 N–H and O–H groups in total. The molecular formula is C26H21Cl2N3O5S2. The topological polar surface area (TPSA) is 121 Å². The monoisotopic (exact) mass is 589 g/mol. The van der Waals surface area contributed by atoms with Crippen molar-refractivity contribution in [2.45, 2.75) is 16.7 Å². The molecule has 0 aliphatic carbocycles. The molecule has 196 valence electrons. The Hall–Kier alpha value is -3.57. The number of sulfonamides is 2. The van der Waals surface area contributed by atoms with Crippen LogP contribution in [0.5, 0.6) is 0 Å². The third-order valence-electron chi connectivity index (χ3n) is 5.41. The number of carbonyl (C=O) groups excluding carboxylic acids is 1. The molecule has 38 heavy (non-hydrogen) atoms. The molecule has 0 radical (unpaired) electrons. The van der Waals surface area contributed by atoms with E-state index in [1.807, 2.05) is 0 Å². The minimum atomic E-state index is -3.94. The lowest BCUT2D eigenvalue weighted by Crippen LogP contribution is -2.17. The number of carbonyl (C=O) groups is 1. The van der Waals surface area contributed by atoms with E-state index >= 15 is 0 Å². The van der Waals surface area contributed by atoms with Gasteiger partial charge in [0.05, 0.1) is 21.2 Å². The van der Waals surface area contributed by atoms with Gasteiger partial charge in [-0.25, -0.2) is 16.8 Å². The third kappa shape index (κ3) is 6.46. The summed E-state index contributed by atoms with van der Waals surface area (Å²) in [6.07, 6.45) is 0. The summed E-state index contributed by atoms with van der Waals surface area (Å²) in [5, 5.41) is 3.25. The summed E-state index contributed by atoms with van der Waals surface area (Å²) in [6, 6.07) is 22.4. The van der Waals surface area contributed by atoms with Crippen LogP contribution in [0.25, 0.3) is 0 Å². The van der Waals surface area contributed by atoms with Crippen LogP contribution < -0.4 is 14.8 Å². The largest absolute Gasteiger partial charge is 0.322 e. The molecule has 4 aromatic rings. The van der Waals surface area contributed by atoms with Crippen molar-refractivity contribution in [3.63, 3.8) is 0 Å². The van der Waals surface area contributed by atoms with Crippen LogP contribution in [0.3, 0.4) is 0 Å². The highest BCUT2D eigenvalue weighted by Gasteiger charge is 2.19. The van der Waals surface area contributed by atoms with E-state index in [1.54, 1.807) is 43.3 Å².